The number of nitrogens with zero attached hydrogens (tertiary/aromatic N) is 1. The molecule has 170 valence electrons. The van der Waals surface area contributed by atoms with Crippen molar-refractivity contribution in [2.24, 2.45) is 5.92 Å². The molecular weight excluding hydrogens is 403 g/mol. The minimum Gasteiger partial charge on any atom is -0.493 e. The molecule has 0 bridgehead atoms. The Balaban J connectivity index is 1.11. The Hall–Kier alpha value is -2.37. The lowest BCUT2D eigenvalue weighted by molar-refractivity contribution is 0.180. The van der Waals surface area contributed by atoms with Crippen LogP contribution in [0.4, 0.5) is 4.39 Å². The monoisotopic (exact) mass is 436 g/mol. The number of hydrogen-bond acceptors (Lipinski definition) is 4. The van der Waals surface area contributed by atoms with Gasteiger partial charge in [-0.3, -0.25) is 4.90 Å². The van der Waals surface area contributed by atoms with E-state index in [0.29, 0.717) is 19.6 Å². The van der Waals surface area contributed by atoms with E-state index in [4.69, 9.17) is 4.74 Å². The lowest BCUT2D eigenvalue weighted by Gasteiger charge is -2.29. The predicted octanol–water partition coefficient (Wildman–Crippen LogP) is 4.50. The molecule has 5 heteroatoms. The summed E-state index contributed by atoms with van der Waals surface area (Å²) in [5, 5.41) is 13.3. The molecule has 1 aliphatic heterocycles. The molecule has 3 aliphatic rings. The molecule has 2 N–H and O–H groups in total. The molecule has 32 heavy (non-hydrogen) atoms. The second-order valence-corrected chi connectivity index (χ2v) is 10.1. The van der Waals surface area contributed by atoms with Crippen molar-refractivity contribution in [3.05, 3.63) is 77.0 Å². The number of hydrogen-bond donors (Lipinski definition) is 2. The van der Waals surface area contributed by atoms with Crippen LogP contribution in [0.25, 0.3) is 0 Å². The van der Waals surface area contributed by atoms with Crippen molar-refractivity contribution in [3.8, 4) is 5.75 Å². The van der Waals surface area contributed by atoms with Gasteiger partial charge in [-0.1, -0.05) is 36.9 Å². The number of ether oxygens (including phenoxy) is 1. The fourth-order valence-electron chi connectivity index (χ4n) is 4.48. The summed E-state index contributed by atoms with van der Waals surface area (Å²) in [4.78, 5) is 2.47. The predicted molar refractivity (Wildman–Crippen MR) is 124 cm³/mol. The second kappa shape index (κ2) is 8.20. The molecule has 2 aromatic carbocycles. The zero-order valence-corrected chi connectivity index (χ0v) is 18.9. The summed E-state index contributed by atoms with van der Waals surface area (Å²) in [6.45, 7) is 9.65. The lowest BCUT2D eigenvalue weighted by Crippen LogP contribution is -2.30. The number of rotatable bonds is 9. The van der Waals surface area contributed by atoms with Gasteiger partial charge in [-0.2, -0.15) is 0 Å². The molecule has 2 fully saturated rings. The summed E-state index contributed by atoms with van der Waals surface area (Å²) < 4.78 is 19.5. The van der Waals surface area contributed by atoms with Crippen molar-refractivity contribution in [2.45, 2.75) is 63.5 Å². The highest BCUT2D eigenvalue weighted by molar-refractivity contribution is 5.37. The average molecular weight is 437 g/mol. The molecule has 0 saturated heterocycles. The molecule has 1 heterocycles. The van der Waals surface area contributed by atoms with E-state index in [0.717, 1.165) is 50.3 Å². The normalized spacial score (nSPS) is 25.7. The van der Waals surface area contributed by atoms with Crippen molar-refractivity contribution in [1.29, 1.82) is 0 Å². The van der Waals surface area contributed by atoms with E-state index in [1.807, 2.05) is 6.07 Å². The number of alkyl halides is 1. The molecule has 0 radical (unpaired) electrons. The molecule has 2 unspecified atom stereocenters. The standard InChI is InChI=1S/C27H33FN2O2/c1-19(27(31)10-11-27)29-15-20-3-5-21(6-4-20)16-30-12-9-22-13-25(8-7-23(22)17-30)32-18-24-14-26(24,2)28/h3-8,13,24,29,31H,1,9-12,14-18H2,2H3. The van der Waals surface area contributed by atoms with E-state index in [-0.39, 0.29) is 5.92 Å². The lowest BCUT2D eigenvalue weighted by atomic mass is 9.99. The topological polar surface area (TPSA) is 44.7 Å². The van der Waals surface area contributed by atoms with Crippen molar-refractivity contribution in [2.75, 3.05) is 13.2 Å². The minimum atomic E-state index is -1.03. The first kappa shape index (κ1) is 21.5. The van der Waals surface area contributed by atoms with Gasteiger partial charge in [0, 0.05) is 37.8 Å². The van der Waals surface area contributed by atoms with Crippen LogP contribution >= 0.6 is 0 Å². The molecule has 2 aromatic rings. The van der Waals surface area contributed by atoms with Gasteiger partial charge in [-0.15, -0.1) is 0 Å². The third-order valence-electron chi connectivity index (χ3n) is 7.28. The maximum Gasteiger partial charge on any atom is 0.119 e. The largest absolute Gasteiger partial charge is 0.493 e. The van der Waals surface area contributed by atoms with E-state index in [1.165, 1.54) is 22.3 Å². The average Bonchev–Trinajstić information content (AvgIpc) is 3.68. The second-order valence-electron chi connectivity index (χ2n) is 10.1. The number of fused-ring (bicyclic) bond motifs is 1. The SMILES string of the molecule is C=C(NCc1ccc(CN2CCc3cc(OCC4CC4(C)F)ccc3C2)cc1)C1(O)CC1. The van der Waals surface area contributed by atoms with Crippen LogP contribution in [0.5, 0.6) is 5.75 Å². The zero-order chi connectivity index (χ0) is 22.3. The molecule has 4 nitrogen and oxygen atoms in total. The molecule has 0 aromatic heterocycles. The number of halogens is 1. The molecule has 0 spiro atoms. The van der Waals surface area contributed by atoms with E-state index < -0.39 is 11.3 Å². The van der Waals surface area contributed by atoms with E-state index in [9.17, 15) is 9.50 Å². The van der Waals surface area contributed by atoms with E-state index >= 15 is 0 Å². The van der Waals surface area contributed by atoms with Crippen LogP contribution in [0.15, 0.2) is 54.7 Å². The van der Waals surface area contributed by atoms with Crippen LogP contribution in [0.2, 0.25) is 0 Å². The van der Waals surface area contributed by atoms with Crippen LogP contribution in [-0.4, -0.2) is 34.4 Å². The summed E-state index contributed by atoms with van der Waals surface area (Å²) in [5.74, 6) is 0.903. The van der Waals surface area contributed by atoms with Gasteiger partial charge in [0.2, 0.25) is 0 Å². The van der Waals surface area contributed by atoms with Crippen molar-refractivity contribution < 1.29 is 14.2 Å². The van der Waals surface area contributed by atoms with Gasteiger partial charge >= 0.3 is 0 Å². The highest BCUT2D eigenvalue weighted by Gasteiger charge is 2.51. The first-order chi connectivity index (χ1) is 15.3. The molecule has 2 atom stereocenters. The Bertz CT molecular complexity index is 997. The first-order valence-electron chi connectivity index (χ1n) is 11.7. The Kier molecular flexibility index (Phi) is 5.50. The van der Waals surface area contributed by atoms with E-state index in [2.05, 4.69) is 53.2 Å². The highest BCUT2D eigenvalue weighted by atomic mass is 19.1. The van der Waals surface area contributed by atoms with Gasteiger partial charge < -0.3 is 15.2 Å². The van der Waals surface area contributed by atoms with E-state index in [1.54, 1.807) is 6.92 Å². The maximum absolute atomic E-state index is 13.7. The number of nitrogens with one attached hydrogen (secondary N) is 1. The van der Waals surface area contributed by atoms with Gasteiger partial charge in [0.1, 0.15) is 17.0 Å². The van der Waals surface area contributed by atoms with Crippen molar-refractivity contribution in [1.82, 2.24) is 10.2 Å². The van der Waals surface area contributed by atoms with Crippen LogP contribution in [0.1, 0.15) is 48.4 Å². The molecule has 5 rings (SSSR count). The smallest absolute Gasteiger partial charge is 0.119 e. The van der Waals surface area contributed by atoms with Gasteiger partial charge in [0.25, 0.3) is 0 Å². The van der Waals surface area contributed by atoms with Crippen molar-refractivity contribution in [3.63, 3.8) is 0 Å². The number of benzene rings is 2. The Morgan fingerprint density at radius 3 is 2.59 bits per heavy atom. The van der Waals surface area contributed by atoms with Crippen LogP contribution in [0, 0.1) is 5.92 Å². The quantitative estimate of drug-likeness (QED) is 0.608. The van der Waals surface area contributed by atoms with Gasteiger partial charge in [-0.05, 0) is 67.0 Å². The summed E-state index contributed by atoms with van der Waals surface area (Å²) in [7, 11) is 0. The first-order valence-corrected chi connectivity index (χ1v) is 11.7. The Morgan fingerprint density at radius 1 is 1.19 bits per heavy atom. The highest BCUT2D eigenvalue weighted by Crippen LogP contribution is 2.46. The third-order valence-corrected chi connectivity index (χ3v) is 7.28. The molecule has 2 saturated carbocycles. The van der Waals surface area contributed by atoms with Crippen LogP contribution < -0.4 is 10.1 Å². The summed E-state index contributed by atoms with van der Waals surface area (Å²) in [6, 6.07) is 15.0. The Labute approximate surface area is 190 Å². The molecule has 0 amide bonds. The molecular formula is C27H33FN2O2. The van der Waals surface area contributed by atoms with Gasteiger partial charge in [-0.25, -0.2) is 4.39 Å². The Morgan fingerprint density at radius 2 is 1.91 bits per heavy atom. The minimum absolute atomic E-state index is 0.0412. The van der Waals surface area contributed by atoms with Gasteiger partial charge in [0.15, 0.2) is 0 Å². The summed E-state index contributed by atoms with van der Waals surface area (Å²) >= 11 is 0. The molecule has 2 aliphatic carbocycles. The van der Waals surface area contributed by atoms with Crippen LogP contribution in [0.3, 0.4) is 0 Å². The van der Waals surface area contributed by atoms with Crippen molar-refractivity contribution >= 4 is 0 Å². The fourth-order valence-corrected chi connectivity index (χ4v) is 4.48. The zero-order valence-electron chi connectivity index (χ0n) is 18.9. The van der Waals surface area contributed by atoms with Crippen LogP contribution in [-0.2, 0) is 26.1 Å². The summed E-state index contributed by atoms with van der Waals surface area (Å²) in [6.07, 6.45) is 3.24. The fraction of sp³-hybridized carbons (Fsp3) is 0.481. The maximum atomic E-state index is 13.7. The number of aliphatic hydroxyl groups is 1. The third kappa shape index (κ3) is 4.84. The summed E-state index contributed by atoms with van der Waals surface area (Å²) in [5.41, 5.74) is 4.21. The van der Waals surface area contributed by atoms with Gasteiger partial charge in [0.05, 0.1) is 6.61 Å².